The Kier molecular flexibility index (Phi) is 7.61. The van der Waals surface area contributed by atoms with Crippen LogP contribution in [0, 0.1) is 0 Å². The summed E-state index contributed by atoms with van der Waals surface area (Å²) in [5.74, 6) is 2.42. The number of rotatable bonds is 7. The van der Waals surface area contributed by atoms with E-state index in [0.717, 1.165) is 61.4 Å². The summed E-state index contributed by atoms with van der Waals surface area (Å²) in [6.45, 7) is 5.17. The molecule has 34 heavy (non-hydrogen) atoms. The van der Waals surface area contributed by atoms with Crippen LogP contribution in [-0.2, 0) is 6.42 Å². The number of carbonyl (C=O) groups is 1. The average Bonchev–Trinajstić information content (AvgIpc) is 3.19. The SMILES string of the molecule is COc1cc2c(cc1OC)C(=O)C(N1CCN(CCOc3cccc4ccccc34)CC1)C2.Cl. The molecular weight excluding hydrogens is 452 g/mol. The fraction of sp³-hybridized carbons (Fsp3) is 0.370. The molecule has 0 radical (unpaired) electrons. The van der Waals surface area contributed by atoms with Gasteiger partial charge in [0.2, 0.25) is 0 Å². The Labute approximate surface area is 206 Å². The van der Waals surface area contributed by atoms with E-state index in [0.29, 0.717) is 18.1 Å². The highest BCUT2D eigenvalue weighted by molar-refractivity contribution is 6.05. The molecule has 0 aromatic heterocycles. The second-order valence-electron chi connectivity index (χ2n) is 8.65. The van der Waals surface area contributed by atoms with E-state index in [-0.39, 0.29) is 24.2 Å². The Morgan fingerprint density at radius 1 is 0.882 bits per heavy atom. The summed E-state index contributed by atoms with van der Waals surface area (Å²) in [5.41, 5.74) is 1.82. The van der Waals surface area contributed by atoms with Crippen molar-refractivity contribution in [1.82, 2.24) is 9.80 Å². The molecule has 6 nitrogen and oxygen atoms in total. The number of carbonyl (C=O) groups excluding carboxylic acids is 1. The Morgan fingerprint density at radius 2 is 1.59 bits per heavy atom. The first-order valence-electron chi connectivity index (χ1n) is 11.5. The molecule has 2 aliphatic rings. The molecule has 1 aliphatic carbocycles. The summed E-state index contributed by atoms with van der Waals surface area (Å²) in [6.07, 6.45) is 0.735. The van der Waals surface area contributed by atoms with Gasteiger partial charge >= 0.3 is 0 Å². The Morgan fingerprint density at radius 3 is 2.35 bits per heavy atom. The summed E-state index contributed by atoms with van der Waals surface area (Å²) in [7, 11) is 3.23. The molecule has 1 saturated heterocycles. The van der Waals surface area contributed by atoms with Crippen LogP contribution in [0.4, 0.5) is 0 Å². The molecule has 1 heterocycles. The number of fused-ring (bicyclic) bond motifs is 2. The van der Waals surface area contributed by atoms with Crippen molar-refractivity contribution in [1.29, 1.82) is 0 Å². The molecule has 0 N–H and O–H groups in total. The van der Waals surface area contributed by atoms with Crippen LogP contribution in [0.3, 0.4) is 0 Å². The van der Waals surface area contributed by atoms with Crippen molar-refractivity contribution in [3.05, 3.63) is 65.7 Å². The lowest BCUT2D eigenvalue weighted by Crippen LogP contribution is -2.52. The highest BCUT2D eigenvalue weighted by atomic mass is 35.5. The standard InChI is InChI=1S/C27H30N2O4.ClH/c1-31-25-17-20-16-23(27(30)22(20)18-26(25)32-2)29-12-10-28(11-13-29)14-15-33-24-9-5-7-19-6-3-4-8-21(19)24;/h3-9,17-18,23H,10-16H2,1-2H3;1H. The summed E-state index contributed by atoms with van der Waals surface area (Å²) in [4.78, 5) is 17.8. The Bertz CT molecular complexity index is 1160. The largest absolute Gasteiger partial charge is 0.493 e. The van der Waals surface area contributed by atoms with Gasteiger partial charge < -0.3 is 14.2 Å². The number of nitrogens with zero attached hydrogens (tertiary/aromatic N) is 2. The Balaban J connectivity index is 0.00000274. The number of ketones is 1. The number of methoxy groups -OCH3 is 2. The summed E-state index contributed by atoms with van der Waals surface area (Å²) >= 11 is 0. The molecule has 0 amide bonds. The maximum atomic E-state index is 13.1. The second-order valence-corrected chi connectivity index (χ2v) is 8.65. The van der Waals surface area contributed by atoms with E-state index in [2.05, 4.69) is 28.0 Å². The molecule has 1 atom stereocenters. The van der Waals surface area contributed by atoms with Gasteiger partial charge in [0.05, 0.1) is 20.3 Å². The molecule has 0 bridgehead atoms. The van der Waals surface area contributed by atoms with Gasteiger partial charge in [0.1, 0.15) is 12.4 Å². The lowest BCUT2D eigenvalue weighted by molar-refractivity contribution is 0.0667. The molecule has 7 heteroatoms. The number of Topliss-reactive ketones (excluding diaryl/α,β-unsaturated/α-hetero) is 1. The zero-order valence-corrected chi connectivity index (χ0v) is 20.5. The quantitative estimate of drug-likeness (QED) is 0.505. The van der Waals surface area contributed by atoms with E-state index >= 15 is 0 Å². The highest BCUT2D eigenvalue weighted by Gasteiger charge is 2.37. The summed E-state index contributed by atoms with van der Waals surface area (Å²) < 4.78 is 16.9. The zero-order chi connectivity index (χ0) is 22.8. The van der Waals surface area contributed by atoms with E-state index in [1.54, 1.807) is 14.2 Å². The fourth-order valence-electron chi connectivity index (χ4n) is 5.00. The predicted octanol–water partition coefficient (Wildman–Crippen LogP) is 4.08. The van der Waals surface area contributed by atoms with E-state index in [9.17, 15) is 4.79 Å². The first-order valence-corrected chi connectivity index (χ1v) is 11.5. The van der Waals surface area contributed by atoms with Gasteiger partial charge in [-0.1, -0.05) is 36.4 Å². The molecular formula is C27H31ClN2O4. The minimum absolute atomic E-state index is 0. The average molecular weight is 483 g/mol. The second kappa shape index (κ2) is 10.6. The smallest absolute Gasteiger partial charge is 0.180 e. The third-order valence-electron chi connectivity index (χ3n) is 6.85. The lowest BCUT2D eigenvalue weighted by Gasteiger charge is -2.37. The van der Waals surface area contributed by atoms with Crippen LogP contribution in [0.1, 0.15) is 15.9 Å². The molecule has 1 fully saturated rings. The van der Waals surface area contributed by atoms with Crippen LogP contribution < -0.4 is 14.2 Å². The third kappa shape index (κ3) is 4.71. The minimum Gasteiger partial charge on any atom is -0.493 e. The van der Waals surface area contributed by atoms with Gasteiger partial charge in [0.15, 0.2) is 17.3 Å². The highest BCUT2D eigenvalue weighted by Crippen LogP contribution is 2.36. The van der Waals surface area contributed by atoms with Crippen molar-refractivity contribution in [2.24, 2.45) is 0 Å². The maximum absolute atomic E-state index is 13.1. The molecule has 5 rings (SSSR count). The van der Waals surface area contributed by atoms with Crippen LogP contribution >= 0.6 is 12.4 Å². The number of ether oxygens (including phenoxy) is 3. The minimum atomic E-state index is -0.0918. The number of halogens is 1. The maximum Gasteiger partial charge on any atom is 0.180 e. The van der Waals surface area contributed by atoms with Gasteiger partial charge in [0, 0.05) is 43.7 Å². The van der Waals surface area contributed by atoms with E-state index in [1.165, 1.54) is 5.39 Å². The van der Waals surface area contributed by atoms with Crippen molar-refractivity contribution in [3.8, 4) is 17.2 Å². The normalized spacial score (nSPS) is 18.4. The van der Waals surface area contributed by atoms with E-state index < -0.39 is 0 Å². The molecule has 1 aliphatic heterocycles. The van der Waals surface area contributed by atoms with Gasteiger partial charge in [-0.2, -0.15) is 0 Å². The van der Waals surface area contributed by atoms with Crippen LogP contribution in [0.25, 0.3) is 10.8 Å². The van der Waals surface area contributed by atoms with Crippen LogP contribution in [-0.4, -0.2) is 75.2 Å². The first-order chi connectivity index (χ1) is 16.2. The Hall–Kier alpha value is -2.80. The molecule has 180 valence electrons. The van der Waals surface area contributed by atoms with Crippen LogP contribution in [0.2, 0.25) is 0 Å². The van der Waals surface area contributed by atoms with E-state index in [4.69, 9.17) is 14.2 Å². The molecule has 0 saturated carbocycles. The predicted molar refractivity (Wildman–Crippen MR) is 136 cm³/mol. The first kappa shape index (κ1) is 24.3. The third-order valence-corrected chi connectivity index (χ3v) is 6.85. The molecule has 0 spiro atoms. The summed E-state index contributed by atoms with van der Waals surface area (Å²) in [5, 5.41) is 2.35. The lowest BCUT2D eigenvalue weighted by atomic mass is 10.1. The van der Waals surface area contributed by atoms with Crippen molar-refractivity contribution in [3.63, 3.8) is 0 Å². The number of piperazine rings is 1. The van der Waals surface area contributed by atoms with Crippen molar-refractivity contribution in [2.45, 2.75) is 12.5 Å². The van der Waals surface area contributed by atoms with Gasteiger partial charge in [-0.15, -0.1) is 12.4 Å². The molecule has 3 aromatic carbocycles. The van der Waals surface area contributed by atoms with Gasteiger partial charge in [-0.05, 0) is 35.6 Å². The number of benzene rings is 3. The topological polar surface area (TPSA) is 51.2 Å². The van der Waals surface area contributed by atoms with Crippen LogP contribution in [0.15, 0.2) is 54.6 Å². The van der Waals surface area contributed by atoms with Crippen molar-refractivity contribution in [2.75, 3.05) is 53.6 Å². The zero-order valence-electron chi connectivity index (χ0n) is 19.7. The monoisotopic (exact) mass is 482 g/mol. The number of hydrogen-bond acceptors (Lipinski definition) is 6. The molecule has 1 unspecified atom stereocenters. The fourth-order valence-corrected chi connectivity index (χ4v) is 5.00. The van der Waals surface area contributed by atoms with Crippen LogP contribution in [0.5, 0.6) is 17.2 Å². The van der Waals surface area contributed by atoms with Gasteiger partial charge in [-0.3, -0.25) is 14.6 Å². The van der Waals surface area contributed by atoms with Gasteiger partial charge in [0.25, 0.3) is 0 Å². The summed E-state index contributed by atoms with van der Waals surface area (Å²) in [6, 6.07) is 18.2. The van der Waals surface area contributed by atoms with Gasteiger partial charge in [-0.25, -0.2) is 0 Å². The van der Waals surface area contributed by atoms with E-state index in [1.807, 2.05) is 36.4 Å². The molecule has 3 aromatic rings. The van der Waals surface area contributed by atoms with Crippen molar-refractivity contribution < 1.29 is 19.0 Å². The number of hydrogen-bond donors (Lipinski definition) is 0. The van der Waals surface area contributed by atoms with Crippen molar-refractivity contribution >= 4 is 29.0 Å².